The van der Waals surface area contributed by atoms with Gasteiger partial charge >= 0.3 is 0 Å². The van der Waals surface area contributed by atoms with Gasteiger partial charge in [0, 0.05) is 0 Å². The Morgan fingerprint density at radius 3 is 2.35 bits per heavy atom. The first-order valence-corrected chi connectivity index (χ1v) is 8.74. The molecule has 0 saturated heterocycles. The fourth-order valence-electron chi connectivity index (χ4n) is 2.71. The summed E-state index contributed by atoms with van der Waals surface area (Å²) in [5.41, 5.74) is 1.96. The summed E-state index contributed by atoms with van der Waals surface area (Å²) in [6.45, 7) is 5.73. The summed E-state index contributed by atoms with van der Waals surface area (Å²) in [5, 5.41) is 3.05. The first-order valence-electron chi connectivity index (χ1n) is 8.74. The maximum Gasteiger partial charge on any atom is 0.261 e. The Bertz CT molecular complexity index is 745. The molecule has 5 heteroatoms. The van der Waals surface area contributed by atoms with Gasteiger partial charge in [0.15, 0.2) is 17.6 Å². The Morgan fingerprint density at radius 1 is 1.04 bits per heavy atom. The molecule has 140 valence electrons. The second-order valence-electron chi connectivity index (χ2n) is 6.11. The van der Waals surface area contributed by atoms with Gasteiger partial charge in [0.05, 0.1) is 20.3 Å². The van der Waals surface area contributed by atoms with Crippen LogP contribution in [0.2, 0.25) is 0 Å². The van der Waals surface area contributed by atoms with E-state index in [1.165, 1.54) is 0 Å². The largest absolute Gasteiger partial charge is 0.493 e. The van der Waals surface area contributed by atoms with Gasteiger partial charge in [0.1, 0.15) is 5.75 Å². The SMILES string of the molecule is CC[C@@H](NC(=O)[C@@H](C)Oc1ccccc1C)c1ccc(OC)c(OC)c1. The van der Waals surface area contributed by atoms with E-state index in [0.717, 1.165) is 17.5 Å². The summed E-state index contributed by atoms with van der Waals surface area (Å²) in [5.74, 6) is 1.86. The molecule has 0 saturated carbocycles. The monoisotopic (exact) mass is 357 g/mol. The molecule has 0 heterocycles. The predicted molar refractivity (Wildman–Crippen MR) is 102 cm³/mol. The van der Waals surface area contributed by atoms with Crippen LogP contribution in [-0.2, 0) is 4.79 Å². The van der Waals surface area contributed by atoms with Crippen molar-refractivity contribution in [2.45, 2.75) is 39.3 Å². The number of hydrogen-bond acceptors (Lipinski definition) is 4. The summed E-state index contributed by atoms with van der Waals surface area (Å²) in [6, 6.07) is 13.2. The number of amides is 1. The first-order chi connectivity index (χ1) is 12.5. The molecule has 0 aliphatic rings. The van der Waals surface area contributed by atoms with Gasteiger partial charge in [-0.2, -0.15) is 0 Å². The van der Waals surface area contributed by atoms with Crippen LogP contribution in [0, 0.1) is 6.92 Å². The van der Waals surface area contributed by atoms with Gasteiger partial charge in [0.25, 0.3) is 5.91 Å². The summed E-state index contributed by atoms with van der Waals surface area (Å²) in [4.78, 5) is 12.6. The number of hydrogen-bond donors (Lipinski definition) is 1. The molecular weight excluding hydrogens is 330 g/mol. The molecule has 0 radical (unpaired) electrons. The van der Waals surface area contributed by atoms with Crippen LogP contribution in [0.1, 0.15) is 37.4 Å². The molecule has 2 rings (SSSR count). The van der Waals surface area contributed by atoms with E-state index in [-0.39, 0.29) is 11.9 Å². The lowest BCUT2D eigenvalue weighted by molar-refractivity contribution is -0.128. The van der Waals surface area contributed by atoms with Crippen LogP contribution >= 0.6 is 0 Å². The minimum Gasteiger partial charge on any atom is -0.493 e. The van der Waals surface area contributed by atoms with E-state index < -0.39 is 6.10 Å². The van der Waals surface area contributed by atoms with Crippen molar-refractivity contribution in [3.8, 4) is 17.2 Å². The summed E-state index contributed by atoms with van der Waals surface area (Å²) >= 11 is 0. The van der Waals surface area contributed by atoms with Crippen LogP contribution in [0.5, 0.6) is 17.2 Å². The number of nitrogens with one attached hydrogen (secondary N) is 1. The lowest BCUT2D eigenvalue weighted by Crippen LogP contribution is -2.38. The molecule has 0 fully saturated rings. The van der Waals surface area contributed by atoms with Gasteiger partial charge in [-0.05, 0) is 49.6 Å². The van der Waals surface area contributed by atoms with Crippen molar-refractivity contribution < 1.29 is 19.0 Å². The summed E-state index contributed by atoms with van der Waals surface area (Å²) in [7, 11) is 3.19. The Hall–Kier alpha value is -2.69. The number of carbonyl (C=O) groups excluding carboxylic acids is 1. The molecule has 0 spiro atoms. The zero-order valence-corrected chi connectivity index (χ0v) is 16.0. The number of ether oxygens (including phenoxy) is 3. The molecule has 0 unspecified atom stereocenters. The predicted octanol–water partition coefficient (Wildman–Crippen LogP) is 4.05. The van der Waals surface area contributed by atoms with Gasteiger partial charge in [-0.25, -0.2) is 0 Å². The van der Waals surface area contributed by atoms with Crippen molar-refractivity contribution in [2.24, 2.45) is 0 Å². The number of para-hydroxylation sites is 1. The highest BCUT2D eigenvalue weighted by Gasteiger charge is 2.20. The Labute approximate surface area is 155 Å². The third-order valence-corrected chi connectivity index (χ3v) is 4.30. The van der Waals surface area contributed by atoms with Gasteiger partial charge in [0.2, 0.25) is 0 Å². The normalized spacial score (nSPS) is 12.8. The van der Waals surface area contributed by atoms with Crippen molar-refractivity contribution in [1.29, 1.82) is 0 Å². The van der Waals surface area contributed by atoms with Gasteiger partial charge in [-0.3, -0.25) is 4.79 Å². The number of rotatable bonds is 8. The Kier molecular flexibility index (Phi) is 6.89. The lowest BCUT2D eigenvalue weighted by atomic mass is 10.0. The molecule has 2 atom stereocenters. The molecule has 1 N–H and O–H groups in total. The summed E-state index contributed by atoms with van der Waals surface area (Å²) in [6.07, 6.45) is 0.156. The number of carbonyl (C=O) groups is 1. The van der Waals surface area contributed by atoms with E-state index in [0.29, 0.717) is 17.2 Å². The molecule has 0 aliphatic carbocycles. The molecular formula is C21H27NO4. The minimum absolute atomic E-state index is 0.134. The van der Waals surface area contributed by atoms with Crippen LogP contribution in [0.3, 0.4) is 0 Å². The fourth-order valence-corrected chi connectivity index (χ4v) is 2.71. The smallest absolute Gasteiger partial charge is 0.261 e. The Balaban J connectivity index is 2.09. The van der Waals surface area contributed by atoms with Crippen molar-refractivity contribution >= 4 is 5.91 Å². The van der Waals surface area contributed by atoms with Gasteiger partial charge in [-0.1, -0.05) is 31.2 Å². The number of aryl methyl sites for hydroxylation is 1. The highest BCUT2D eigenvalue weighted by molar-refractivity contribution is 5.81. The molecule has 2 aromatic carbocycles. The zero-order valence-electron chi connectivity index (χ0n) is 16.0. The molecule has 26 heavy (non-hydrogen) atoms. The maximum atomic E-state index is 12.6. The van der Waals surface area contributed by atoms with E-state index in [9.17, 15) is 4.79 Å². The molecule has 0 bridgehead atoms. The third kappa shape index (κ3) is 4.69. The van der Waals surface area contributed by atoms with Crippen molar-refractivity contribution in [3.63, 3.8) is 0 Å². The van der Waals surface area contributed by atoms with Crippen LogP contribution in [0.25, 0.3) is 0 Å². The van der Waals surface area contributed by atoms with E-state index in [1.807, 2.05) is 56.3 Å². The van der Waals surface area contributed by atoms with E-state index in [4.69, 9.17) is 14.2 Å². The molecule has 0 aromatic heterocycles. The lowest BCUT2D eigenvalue weighted by Gasteiger charge is -2.22. The Morgan fingerprint density at radius 2 is 1.73 bits per heavy atom. The van der Waals surface area contributed by atoms with Crippen molar-refractivity contribution in [1.82, 2.24) is 5.32 Å². The number of methoxy groups -OCH3 is 2. The van der Waals surface area contributed by atoms with Gasteiger partial charge in [-0.15, -0.1) is 0 Å². The fraction of sp³-hybridized carbons (Fsp3) is 0.381. The molecule has 2 aromatic rings. The van der Waals surface area contributed by atoms with Crippen LogP contribution < -0.4 is 19.5 Å². The van der Waals surface area contributed by atoms with Gasteiger partial charge < -0.3 is 19.5 Å². The van der Waals surface area contributed by atoms with Crippen molar-refractivity contribution in [2.75, 3.05) is 14.2 Å². The highest BCUT2D eigenvalue weighted by atomic mass is 16.5. The molecule has 1 amide bonds. The van der Waals surface area contributed by atoms with Crippen LogP contribution in [-0.4, -0.2) is 26.2 Å². The third-order valence-electron chi connectivity index (χ3n) is 4.30. The second kappa shape index (κ2) is 9.13. The summed E-state index contributed by atoms with van der Waals surface area (Å²) < 4.78 is 16.4. The van der Waals surface area contributed by atoms with E-state index >= 15 is 0 Å². The second-order valence-corrected chi connectivity index (χ2v) is 6.11. The molecule has 5 nitrogen and oxygen atoms in total. The van der Waals surface area contributed by atoms with E-state index in [1.54, 1.807) is 21.1 Å². The highest BCUT2D eigenvalue weighted by Crippen LogP contribution is 2.31. The van der Waals surface area contributed by atoms with E-state index in [2.05, 4.69) is 5.32 Å². The average Bonchev–Trinajstić information content (AvgIpc) is 2.67. The number of benzene rings is 2. The maximum absolute atomic E-state index is 12.6. The average molecular weight is 357 g/mol. The standard InChI is InChI=1S/C21H27NO4/c1-6-17(16-11-12-19(24-4)20(13-16)25-5)22-21(23)15(3)26-18-10-8-7-9-14(18)2/h7-13,15,17H,6H2,1-5H3,(H,22,23)/t15-,17-/m1/s1. The quantitative estimate of drug-likeness (QED) is 0.774. The topological polar surface area (TPSA) is 56.8 Å². The first kappa shape index (κ1) is 19.6. The minimum atomic E-state index is -0.592. The molecule has 0 aliphatic heterocycles. The van der Waals surface area contributed by atoms with Crippen LogP contribution in [0.15, 0.2) is 42.5 Å². The zero-order chi connectivity index (χ0) is 19.1. The van der Waals surface area contributed by atoms with Crippen molar-refractivity contribution in [3.05, 3.63) is 53.6 Å². The van der Waals surface area contributed by atoms with Crippen LogP contribution in [0.4, 0.5) is 0 Å².